The number of esters is 3. The highest BCUT2D eigenvalue weighted by Gasteiger charge is 2.42. The Morgan fingerprint density at radius 1 is 0.964 bits per heavy atom. The summed E-state index contributed by atoms with van der Waals surface area (Å²) in [7, 11) is 3.22. The molecule has 0 aliphatic rings. The van der Waals surface area contributed by atoms with Crippen LogP contribution in [0, 0.1) is 0 Å². The van der Waals surface area contributed by atoms with Gasteiger partial charge in [0.25, 0.3) is 0 Å². The van der Waals surface area contributed by atoms with Crippen LogP contribution in [0.5, 0.6) is 0 Å². The van der Waals surface area contributed by atoms with E-state index in [9.17, 15) is 14.4 Å². The molecule has 0 spiro atoms. The summed E-state index contributed by atoms with van der Waals surface area (Å²) in [5.41, 5.74) is -1.07. The zero-order valence-electron chi connectivity index (χ0n) is 18.1. The van der Waals surface area contributed by atoms with Crippen molar-refractivity contribution in [2.45, 2.75) is 59.5 Å². The van der Waals surface area contributed by atoms with Gasteiger partial charge in [0.2, 0.25) is 5.88 Å². The van der Waals surface area contributed by atoms with E-state index >= 15 is 0 Å². The zero-order valence-corrected chi connectivity index (χ0v) is 18.1. The van der Waals surface area contributed by atoms with Crippen molar-refractivity contribution in [3.8, 4) is 0 Å². The summed E-state index contributed by atoms with van der Waals surface area (Å²) in [4.78, 5) is 38.8. The van der Waals surface area contributed by atoms with E-state index in [0.29, 0.717) is 12.8 Å². The van der Waals surface area contributed by atoms with Gasteiger partial charge < -0.3 is 19.1 Å². The van der Waals surface area contributed by atoms with E-state index in [2.05, 4.69) is 13.2 Å². The maximum absolute atomic E-state index is 12.9. The Morgan fingerprint density at radius 2 is 1.50 bits per heavy atom. The zero-order chi connectivity index (χ0) is 22.1. The maximum Gasteiger partial charge on any atom is 0.343 e. The summed E-state index contributed by atoms with van der Waals surface area (Å²) in [6, 6.07) is 0. The van der Waals surface area contributed by atoms with Gasteiger partial charge in [0.05, 0.1) is 6.61 Å². The predicted molar refractivity (Wildman–Crippen MR) is 107 cm³/mol. The molecule has 1 unspecified atom stereocenters. The van der Waals surface area contributed by atoms with Gasteiger partial charge in [-0.05, 0) is 40.5 Å². The fourth-order valence-electron chi connectivity index (χ4n) is 2.31. The molecule has 7 nitrogen and oxygen atoms in total. The van der Waals surface area contributed by atoms with Crippen LogP contribution < -0.4 is 0 Å². The van der Waals surface area contributed by atoms with Crippen molar-refractivity contribution in [3.63, 3.8) is 0 Å². The first-order chi connectivity index (χ1) is 12.9. The van der Waals surface area contributed by atoms with Crippen LogP contribution in [-0.4, -0.2) is 49.1 Å². The highest BCUT2D eigenvalue weighted by atomic mass is 16.6. The third-order valence-electron chi connectivity index (χ3n) is 3.84. The average molecular weight is 395 g/mol. The second-order valence-electron chi connectivity index (χ2n) is 6.97. The summed E-state index contributed by atoms with van der Waals surface area (Å²) in [5, 5.41) is 0. The largest absolute Gasteiger partial charge is 0.462 e. The molecule has 0 heterocycles. The number of ether oxygens (including phenoxy) is 3. The molecule has 0 saturated carbocycles. The molecule has 0 aliphatic carbocycles. The second-order valence-corrected chi connectivity index (χ2v) is 6.97. The topological polar surface area (TPSA) is 82.1 Å². The van der Waals surface area contributed by atoms with Crippen LogP contribution in [0.15, 0.2) is 35.8 Å². The standard InChI is InChI=1S/C21H33NO6/c1-10-12-13-21(7,28-19(24)15(5)6)16(20(25)26-11-2)17(22(8)9)27-18(23)14(3)4/h3,5,10-13H2,1-2,4,6-9H3/b17-16+. The Balaban J connectivity index is 6.64. The van der Waals surface area contributed by atoms with Crippen molar-refractivity contribution in [2.24, 2.45) is 0 Å². The summed E-state index contributed by atoms with van der Waals surface area (Å²) in [6.45, 7) is 15.5. The molecule has 0 radical (unpaired) electrons. The van der Waals surface area contributed by atoms with E-state index in [-0.39, 0.29) is 29.2 Å². The lowest BCUT2D eigenvalue weighted by atomic mass is 9.89. The van der Waals surface area contributed by atoms with E-state index in [1.165, 1.54) is 18.7 Å². The summed E-state index contributed by atoms with van der Waals surface area (Å²) >= 11 is 0. The SMILES string of the molecule is C=C(C)C(=O)O/C(=C(\C(=O)OCC)C(C)(CCCC)OC(=O)C(=C)C)N(C)C. The molecule has 0 N–H and O–H groups in total. The average Bonchev–Trinajstić information content (AvgIpc) is 2.59. The normalized spacial score (nSPS) is 13.5. The van der Waals surface area contributed by atoms with Crippen molar-refractivity contribution in [2.75, 3.05) is 20.7 Å². The number of nitrogens with zero attached hydrogens (tertiary/aromatic N) is 1. The van der Waals surface area contributed by atoms with E-state index in [4.69, 9.17) is 14.2 Å². The number of carbonyl (C=O) groups excluding carboxylic acids is 3. The Morgan fingerprint density at radius 3 is 1.89 bits per heavy atom. The molecule has 0 aromatic rings. The second kappa shape index (κ2) is 11.3. The lowest BCUT2D eigenvalue weighted by Gasteiger charge is -2.33. The molecule has 0 saturated heterocycles. The van der Waals surface area contributed by atoms with Crippen molar-refractivity contribution in [1.82, 2.24) is 4.90 Å². The van der Waals surface area contributed by atoms with Crippen LogP contribution in [0.2, 0.25) is 0 Å². The van der Waals surface area contributed by atoms with Crippen molar-refractivity contribution in [1.29, 1.82) is 0 Å². The smallest absolute Gasteiger partial charge is 0.343 e. The fourth-order valence-corrected chi connectivity index (χ4v) is 2.31. The maximum atomic E-state index is 12.9. The summed E-state index contributed by atoms with van der Waals surface area (Å²) < 4.78 is 16.3. The van der Waals surface area contributed by atoms with E-state index in [1.54, 1.807) is 27.9 Å². The molecule has 0 rings (SSSR count). The first-order valence-corrected chi connectivity index (χ1v) is 9.26. The van der Waals surface area contributed by atoms with Gasteiger partial charge in [0.15, 0.2) is 0 Å². The van der Waals surface area contributed by atoms with Crippen LogP contribution >= 0.6 is 0 Å². The van der Waals surface area contributed by atoms with Crippen LogP contribution in [0.3, 0.4) is 0 Å². The monoisotopic (exact) mass is 395 g/mol. The molecule has 0 bridgehead atoms. The van der Waals surface area contributed by atoms with E-state index in [0.717, 1.165) is 6.42 Å². The molecule has 0 aromatic heterocycles. The van der Waals surface area contributed by atoms with Crippen molar-refractivity contribution in [3.05, 3.63) is 35.8 Å². The van der Waals surface area contributed by atoms with Crippen LogP contribution in [0.1, 0.15) is 53.9 Å². The van der Waals surface area contributed by atoms with Crippen molar-refractivity contribution >= 4 is 17.9 Å². The van der Waals surface area contributed by atoms with Gasteiger partial charge in [-0.1, -0.05) is 26.5 Å². The van der Waals surface area contributed by atoms with Gasteiger partial charge in [-0.2, -0.15) is 0 Å². The van der Waals surface area contributed by atoms with E-state index in [1.807, 2.05) is 6.92 Å². The molecular weight excluding hydrogens is 362 g/mol. The Bertz CT molecular complexity index is 662. The molecule has 0 aliphatic heterocycles. The third-order valence-corrected chi connectivity index (χ3v) is 3.84. The van der Waals surface area contributed by atoms with Crippen LogP contribution in [-0.2, 0) is 28.6 Å². The Hall–Kier alpha value is -2.57. The number of carbonyl (C=O) groups is 3. The first kappa shape index (κ1) is 25.4. The van der Waals surface area contributed by atoms with Gasteiger partial charge in [-0.25, -0.2) is 14.4 Å². The number of hydrogen-bond donors (Lipinski definition) is 0. The molecule has 0 fully saturated rings. The van der Waals surface area contributed by atoms with Crippen LogP contribution in [0.25, 0.3) is 0 Å². The van der Waals surface area contributed by atoms with E-state index < -0.39 is 23.5 Å². The van der Waals surface area contributed by atoms with Gasteiger partial charge in [0, 0.05) is 25.2 Å². The molecule has 28 heavy (non-hydrogen) atoms. The number of unbranched alkanes of at least 4 members (excludes halogenated alkanes) is 1. The minimum absolute atomic E-state index is 0.0444. The summed E-state index contributed by atoms with van der Waals surface area (Å²) in [5.74, 6) is -2.13. The van der Waals surface area contributed by atoms with Gasteiger partial charge in [0.1, 0.15) is 11.2 Å². The lowest BCUT2D eigenvalue weighted by molar-refractivity contribution is -0.155. The molecule has 0 amide bonds. The highest BCUT2D eigenvalue weighted by molar-refractivity contribution is 5.94. The molecule has 1 atom stereocenters. The minimum atomic E-state index is -1.38. The Kier molecular flexibility index (Phi) is 10.3. The molecule has 0 aromatic carbocycles. The predicted octanol–water partition coefficient (Wildman–Crippen LogP) is 3.51. The molecule has 7 heteroatoms. The van der Waals surface area contributed by atoms with Gasteiger partial charge in [-0.15, -0.1) is 0 Å². The van der Waals surface area contributed by atoms with Crippen LogP contribution in [0.4, 0.5) is 0 Å². The highest BCUT2D eigenvalue weighted by Crippen LogP contribution is 2.33. The Labute approximate surface area is 168 Å². The third kappa shape index (κ3) is 7.21. The van der Waals surface area contributed by atoms with Gasteiger partial charge in [-0.3, -0.25) is 0 Å². The van der Waals surface area contributed by atoms with Crippen molar-refractivity contribution < 1.29 is 28.6 Å². The first-order valence-electron chi connectivity index (χ1n) is 9.26. The number of rotatable bonds is 11. The minimum Gasteiger partial charge on any atom is -0.462 e. The quantitative estimate of drug-likeness (QED) is 0.229. The molecule has 158 valence electrons. The fraction of sp³-hybridized carbons (Fsp3) is 0.571. The molecular formula is C21H33NO6. The number of hydrogen-bond acceptors (Lipinski definition) is 7. The lowest BCUT2D eigenvalue weighted by Crippen LogP contribution is -2.41. The van der Waals surface area contributed by atoms with Gasteiger partial charge >= 0.3 is 17.9 Å². The summed E-state index contributed by atoms with van der Waals surface area (Å²) in [6.07, 6.45) is 1.80.